The number of nitrogens with one attached hydrogen (secondary N) is 2. The van der Waals surface area contributed by atoms with Crippen LogP contribution in [-0.4, -0.2) is 41.8 Å². The molecule has 1 amide bonds. The Morgan fingerprint density at radius 2 is 1.91 bits per heavy atom. The van der Waals surface area contributed by atoms with Crippen molar-refractivity contribution in [3.8, 4) is 11.1 Å². The maximum atomic E-state index is 13.3. The minimum atomic E-state index is -0.326. The number of aromatic nitrogens is 2. The molecule has 0 fully saturated rings. The number of aromatic amines is 1. The fraction of sp³-hybridized carbons (Fsp3) is 0.240. The van der Waals surface area contributed by atoms with Crippen LogP contribution < -0.4 is 15.8 Å². The quantitative estimate of drug-likeness (QED) is 0.197. The van der Waals surface area contributed by atoms with E-state index in [1.807, 2.05) is 32.2 Å². The smallest absolute Gasteiger partial charge is 0.260 e. The van der Waals surface area contributed by atoms with E-state index in [0.717, 1.165) is 34.7 Å². The van der Waals surface area contributed by atoms with Crippen LogP contribution in [0.1, 0.15) is 11.3 Å². The van der Waals surface area contributed by atoms with Gasteiger partial charge in [-0.25, -0.2) is 9.37 Å². The number of carbonyl (C=O) groups excluding carboxylic acids is 1. The van der Waals surface area contributed by atoms with Crippen LogP contribution in [0.3, 0.4) is 0 Å². The van der Waals surface area contributed by atoms with E-state index in [1.165, 1.54) is 35.2 Å². The molecule has 0 unspecified atom stereocenters. The number of amides is 1. The number of hydrogen-bond donors (Lipinski definition) is 2. The molecule has 0 radical (unpaired) electrons. The topological polar surface area (TPSA) is 78.1 Å². The monoisotopic (exact) mass is 496 g/mol. The number of benzene rings is 2. The molecular weight excluding hydrogens is 471 g/mol. The van der Waals surface area contributed by atoms with Gasteiger partial charge in [0.2, 0.25) is 5.91 Å². The maximum Gasteiger partial charge on any atom is 0.260 e. The first-order valence-electron chi connectivity index (χ1n) is 10.9. The van der Waals surface area contributed by atoms with Crippen molar-refractivity contribution in [3.05, 3.63) is 75.6 Å². The molecule has 4 rings (SSSR count). The molecule has 0 spiro atoms. The molecule has 4 aromatic rings. The Hall–Kier alpha value is -3.17. The first-order chi connectivity index (χ1) is 16.4. The average Bonchev–Trinajstić information content (AvgIpc) is 3.17. The molecule has 0 aliphatic rings. The van der Waals surface area contributed by atoms with E-state index in [2.05, 4.69) is 32.3 Å². The zero-order valence-corrected chi connectivity index (χ0v) is 20.6. The lowest BCUT2D eigenvalue weighted by Crippen LogP contribution is -2.29. The number of aryl methyl sites for hydroxylation is 1. The second-order valence-electron chi connectivity index (χ2n) is 7.84. The molecule has 2 N–H and O–H groups in total. The Bertz CT molecular complexity index is 1340. The zero-order chi connectivity index (χ0) is 24.1. The van der Waals surface area contributed by atoms with Crippen molar-refractivity contribution >= 4 is 44.9 Å². The molecule has 0 bridgehead atoms. The summed E-state index contributed by atoms with van der Waals surface area (Å²) in [6.45, 7) is 3.32. The summed E-state index contributed by atoms with van der Waals surface area (Å²) in [5.41, 5.74) is 2.42. The van der Waals surface area contributed by atoms with Crippen molar-refractivity contribution < 1.29 is 9.18 Å². The van der Waals surface area contributed by atoms with Crippen molar-refractivity contribution in [1.82, 2.24) is 15.3 Å². The Balaban J connectivity index is 1.33. The standard InChI is InChI=1S/C25H25FN4O2S2/c1-16-21(17-9-11-18(26)12-10-17)22-23(32)28-25(29-24(22)34-16)33-15-20(31)27-13-6-14-30(2)19-7-4-3-5-8-19/h3-5,7-12H,6,13-15H2,1-2H3,(H,27,31)(H,28,29,32). The molecule has 34 heavy (non-hydrogen) atoms. The number of rotatable bonds is 9. The van der Waals surface area contributed by atoms with E-state index in [-0.39, 0.29) is 23.0 Å². The summed E-state index contributed by atoms with van der Waals surface area (Å²) in [5.74, 6) is -0.268. The number of anilines is 1. The summed E-state index contributed by atoms with van der Waals surface area (Å²) in [7, 11) is 2.03. The predicted molar refractivity (Wildman–Crippen MR) is 138 cm³/mol. The Morgan fingerprint density at radius 1 is 1.18 bits per heavy atom. The minimum absolute atomic E-state index is 0.107. The van der Waals surface area contributed by atoms with Crippen molar-refractivity contribution in [2.75, 3.05) is 30.8 Å². The number of hydrogen-bond acceptors (Lipinski definition) is 6. The number of thioether (sulfide) groups is 1. The number of para-hydroxylation sites is 1. The number of carbonyl (C=O) groups is 1. The number of H-pyrrole nitrogens is 1. The summed E-state index contributed by atoms with van der Waals surface area (Å²) < 4.78 is 13.3. The van der Waals surface area contributed by atoms with Gasteiger partial charge in [0, 0.05) is 36.3 Å². The first-order valence-corrected chi connectivity index (χ1v) is 12.7. The van der Waals surface area contributed by atoms with Gasteiger partial charge < -0.3 is 15.2 Å². The third-order valence-electron chi connectivity index (χ3n) is 5.38. The van der Waals surface area contributed by atoms with Gasteiger partial charge in [-0.05, 0) is 43.2 Å². The fourth-order valence-corrected chi connectivity index (χ4v) is 5.47. The SMILES string of the molecule is Cc1sc2nc(SCC(=O)NCCCN(C)c3ccccc3)[nH]c(=O)c2c1-c1ccc(F)cc1. The molecule has 176 valence electrons. The summed E-state index contributed by atoms with van der Waals surface area (Å²) >= 11 is 2.61. The second kappa shape index (κ2) is 10.8. The van der Waals surface area contributed by atoms with Gasteiger partial charge in [0.15, 0.2) is 5.16 Å². The molecule has 2 aromatic heterocycles. The Labute approximate surface area is 205 Å². The van der Waals surface area contributed by atoms with Crippen molar-refractivity contribution in [2.45, 2.75) is 18.5 Å². The number of halogens is 1. The molecule has 2 heterocycles. The van der Waals surface area contributed by atoms with Gasteiger partial charge in [-0.3, -0.25) is 9.59 Å². The third kappa shape index (κ3) is 5.66. The van der Waals surface area contributed by atoms with Gasteiger partial charge in [0.25, 0.3) is 5.56 Å². The molecule has 0 aliphatic heterocycles. The lowest BCUT2D eigenvalue weighted by Gasteiger charge is -2.19. The van der Waals surface area contributed by atoms with Crippen LogP contribution in [0.4, 0.5) is 10.1 Å². The Morgan fingerprint density at radius 3 is 2.65 bits per heavy atom. The maximum absolute atomic E-state index is 13.3. The normalized spacial score (nSPS) is 11.0. The van der Waals surface area contributed by atoms with Crippen LogP contribution >= 0.6 is 23.1 Å². The van der Waals surface area contributed by atoms with Crippen LogP contribution in [0.25, 0.3) is 21.3 Å². The largest absolute Gasteiger partial charge is 0.375 e. The van der Waals surface area contributed by atoms with Crippen LogP contribution in [0.5, 0.6) is 0 Å². The van der Waals surface area contributed by atoms with Crippen molar-refractivity contribution in [3.63, 3.8) is 0 Å². The average molecular weight is 497 g/mol. The van der Waals surface area contributed by atoms with E-state index < -0.39 is 0 Å². The summed E-state index contributed by atoms with van der Waals surface area (Å²) in [5, 5.41) is 3.81. The zero-order valence-electron chi connectivity index (χ0n) is 18.9. The van der Waals surface area contributed by atoms with Crippen LogP contribution in [0.15, 0.2) is 64.5 Å². The van der Waals surface area contributed by atoms with Gasteiger partial charge in [-0.2, -0.15) is 0 Å². The highest BCUT2D eigenvalue weighted by molar-refractivity contribution is 7.99. The fourth-order valence-electron chi connectivity index (χ4n) is 3.67. The van der Waals surface area contributed by atoms with Gasteiger partial charge in [0.05, 0.1) is 11.1 Å². The number of fused-ring (bicyclic) bond motifs is 1. The lowest BCUT2D eigenvalue weighted by molar-refractivity contribution is -0.118. The van der Waals surface area contributed by atoms with Crippen molar-refractivity contribution in [1.29, 1.82) is 0 Å². The first kappa shape index (κ1) is 24.0. The lowest BCUT2D eigenvalue weighted by atomic mass is 10.0. The number of nitrogens with zero attached hydrogens (tertiary/aromatic N) is 2. The molecule has 0 aliphatic carbocycles. The van der Waals surface area contributed by atoms with Gasteiger partial charge in [-0.15, -0.1) is 11.3 Å². The van der Waals surface area contributed by atoms with Crippen LogP contribution in [0.2, 0.25) is 0 Å². The molecule has 0 atom stereocenters. The van der Waals surface area contributed by atoms with E-state index in [9.17, 15) is 14.0 Å². The molecule has 6 nitrogen and oxygen atoms in total. The molecule has 9 heteroatoms. The van der Waals surface area contributed by atoms with E-state index in [4.69, 9.17) is 0 Å². The molecule has 0 saturated heterocycles. The Kier molecular flexibility index (Phi) is 7.64. The molecular formula is C25H25FN4O2S2. The number of thiophene rings is 1. The summed E-state index contributed by atoms with van der Waals surface area (Å²) in [6, 6.07) is 16.2. The van der Waals surface area contributed by atoms with E-state index >= 15 is 0 Å². The van der Waals surface area contributed by atoms with E-state index in [0.29, 0.717) is 21.9 Å². The highest BCUT2D eigenvalue weighted by Gasteiger charge is 2.17. The summed E-state index contributed by atoms with van der Waals surface area (Å²) in [6.07, 6.45) is 0.823. The van der Waals surface area contributed by atoms with Gasteiger partial charge >= 0.3 is 0 Å². The minimum Gasteiger partial charge on any atom is -0.375 e. The molecule has 2 aromatic carbocycles. The highest BCUT2D eigenvalue weighted by atomic mass is 32.2. The van der Waals surface area contributed by atoms with Gasteiger partial charge in [0.1, 0.15) is 10.6 Å². The molecule has 0 saturated carbocycles. The predicted octanol–water partition coefficient (Wildman–Crippen LogP) is 4.83. The van der Waals surface area contributed by atoms with Crippen molar-refractivity contribution in [2.24, 2.45) is 0 Å². The second-order valence-corrected chi connectivity index (χ2v) is 10.0. The van der Waals surface area contributed by atoms with Crippen LogP contribution in [0, 0.1) is 12.7 Å². The highest BCUT2D eigenvalue weighted by Crippen LogP contribution is 2.36. The van der Waals surface area contributed by atoms with Crippen LogP contribution in [-0.2, 0) is 4.79 Å². The summed E-state index contributed by atoms with van der Waals surface area (Å²) in [4.78, 5) is 36.1. The third-order valence-corrected chi connectivity index (χ3v) is 7.25. The van der Waals surface area contributed by atoms with E-state index in [1.54, 1.807) is 12.1 Å². The van der Waals surface area contributed by atoms with Gasteiger partial charge in [-0.1, -0.05) is 42.1 Å².